The highest BCUT2D eigenvalue weighted by molar-refractivity contribution is 4.72. The van der Waals surface area contributed by atoms with Crippen molar-refractivity contribution >= 4 is 0 Å². The molecule has 1 rings (SSSR count). The van der Waals surface area contributed by atoms with E-state index in [0.717, 1.165) is 0 Å². The Morgan fingerprint density at radius 2 is 1.67 bits per heavy atom. The zero-order chi connectivity index (χ0) is 9.03. The molecule has 1 aliphatic rings. The quantitative estimate of drug-likeness (QED) is 0.539. The van der Waals surface area contributed by atoms with Gasteiger partial charge in [0.05, 0.1) is 0 Å². The monoisotopic (exact) mass is 169 g/mol. The van der Waals surface area contributed by atoms with Gasteiger partial charge in [0.1, 0.15) is 0 Å². The fourth-order valence-corrected chi connectivity index (χ4v) is 1.89. The van der Waals surface area contributed by atoms with Gasteiger partial charge in [0.15, 0.2) is 0 Å². The maximum absolute atomic E-state index is 2.48. The molecule has 0 spiro atoms. The van der Waals surface area contributed by atoms with Gasteiger partial charge in [-0.15, -0.1) is 0 Å². The predicted octanol–water partition coefficient (Wildman–Crippen LogP) is 2.91. The second kappa shape index (κ2) is 4.27. The van der Waals surface area contributed by atoms with E-state index >= 15 is 0 Å². The fourth-order valence-electron chi connectivity index (χ4n) is 1.89. The summed E-state index contributed by atoms with van der Waals surface area (Å²) in [5, 5.41) is 0. The SMILES string of the molecule is CN1CCCCCC(C)(C)CC1. The molecule has 72 valence electrons. The molecule has 0 saturated carbocycles. The fraction of sp³-hybridized carbons (Fsp3) is 1.00. The van der Waals surface area contributed by atoms with Crippen molar-refractivity contribution in [1.82, 2.24) is 4.90 Å². The number of hydrogen-bond donors (Lipinski definition) is 0. The minimum Gasteiger partial charge on any atom is -0.306 e. The summed E-state index contributed by atoms with van der Waals surface area (Å²) < 4.78 is 0. The molecule has 0 aromatic carbocycles. The molecular formula is C11H23N. The Morgan fingerprint density at radius 1 is 0.917 bits per heavy atom. The van der Waals surface area contributed by atoms with E-state index in [1.165, 1.54) is 45.2 Å². The maximum Gasteiger partial charge on any atom is -0.00167 e. The zero-order valence-corrected chi connectivity index (χ0v) is 8.90. The highest BCUT2D eigenvalue weighted by atomic mass is 15.1. The summed E-state index contributed by atoms with van der Waals surface area (Å²) in [5.41, 5.74) is 0.582. The van der Waals surface area contributed by atoms with Crippen LogP contribution in [0, 0.1) is 5.41 Å². The minimum atomic E-state index is 0.582. The largest absolute Gasteiger partial charge is 0.306 e. The van der Waals surface area contributed by atoms with E-state index in [9.17, 15) is 0 Å². The van der Waals surface area contributed by atoms with E-state index < -0.39 is 0 Å². The van der Waals surface area contributed by atoms with Gasteiger partial charge in [-0.1, -0.05) is 26.7 Å². The normalized spacial score (nSPS) is 27.2. The summed E-state index contributed by atoms with van der Waals surface area (Å²) >= 11 is 0. The van der Waals surface area contributed by atoms with Crippen molar-refractivity contribution in [3.8, 4) is 0 Å². The Morgan fingerprint density at radius 3 is 2.42 bits per heavy atom. The van der Waals surface area contributed by atoms with E-state index in [-0.39, 0.29) is 0 Å². The molecule has 0 unspecified atom stereocenters. The van der Waals surface area contributed by atoms with Gasteiger partial charge < -0.3 is 4.90 Å². The lowest BCUT2D eigenvalue weighted by molar-refractivity contribution is 0.249. The van der Waals surface area contributed by atoms with Crippen LogP contribution in [0.2, 0.25) is 0 Å². The average molecular weight is 169 g/mol. The lowest BCUT2D eigenvalue weighted by Gasteiger charge is -2.25. The van der Waals surface area contributed by atoms with Crippen molar-refractivity contribution in [2.75, 3.05) is 20.1 Å². The summed E-state index contributed by atoms with van der Waals surface area (Å²) in [4.78, 5) is 2.48. The van der Waals surface area contributed by atoms with Gasteiger partial charge in [0.2, 0.25) is 0 Å². The van der Waals surface area contributed by atoms with Crippen molar-refractivity contribution in [1.29, 1.82) is 0 Å². The summed E-state index contributed by atoms with van der Waals surface area (Å²) in [5.74, 6) is 0. The second-order valence-corrected chi connectivity index (χ2v) is 5.03. The summed E-state index contributed by atoms with van der Waals surface area (Å²) in [7, 11) is 2.25. The van der Waals surface area contributed by atoms with Crippen LogP contribution in [0.3, 0.4) is 0 Å². The van der Waals surface area contributed by atoms with Gasteiger partial charge in [-0.2, -0.15) is 0 Å². The summed E-state index contributed by atoms with van der Waals surface area (Å²) in [6.07, 6.45) is 7.03. The van der Waals surface area contributed by atoms with Gasteiger partial charge in [0.25, 0.3) is 0 Å². The van der Waals surface area contributed by atoms with Crippen LogP contribution >= 0.6 is 0 Å². The Labute approximate surface area is 77.1 Å². The molecule has 0 bridgehead atoms. The smallest absolute Gasteiger partial charge is 0.00167 e. The zero-order valence-electron chi connectivity index (χ0n) is 8.90. The molecule has 12 heavy (non-hydrogen) atoms. The van der Waals surface area contributed by atoms with Crippen LogP contribution in [-0.4, -0.2) is 25.0 Å². The number of hydrogen-bond acceptors (Lipinski definition) is 1. The molecule has 1 nitrogen and oxygen atoms in total. The molecule has 1 aliphatic heterocycles. The van der Waals surface area contributed by atoms with E-state index in [2.05, 4.69) is 25.8 Å². The van der Waals surface area contributed by atoms with Crippen molar-refractivity contribution in [3.63, 3.8) is 0 Å². The molecule has 1 saturated heterocycles. The van der Waals surface area contributed by atoms with E-state index in [4.69, 9.17) is 0 Å². The van der Waals surface area contributed by atoms with Crippen LogP contribution in [0.15, 0.2) is 0 Å². The lowest BCUT2D eigenvalue weighted by atomic mass is 9.84. The van der Waals surface area contributed by atoms with Crippen molar-refractivity contribution < 1.29 is 0 Å². The Balaban J connectivity index is 2.40. The Kier molecular flexibility index (Phi) is 3.57. The Hall–Kier alpha value is -0.0400. The highest BCUT2D eigenvalue weighted by Crippen LogP contribution is 2.28. The molecule has 1 heteroatoms. The first-order valence-electron chi connectivity index (χ1n) is 5.29. The molecule has 0 atom stereocenters. The third-order valence-corrected chi connectivity index (χ3v) is 3.06. The predicted molar refractivity (Wildman–Crippen MR) is 54.4 cm³/mol. The number of rotatable bonds is 0. The maximum atomic E-state index is 2.48. The van der Waals surface area contributed by atoms with Gasteiger partial charge in [0, 0.05) is 0 Å². The molecular weight excluding hydrogens is 146 g/mol. The van der Waals surface area contributed by atoms with E-state index in [1.54, 1.807) is 0 Å². The van der Waals surface area contributed by atoms with Crippen molar-refractivity contribution in [3.05, 3.63) is 0 Å². The van der Waals surface area contributed by atoms with E-state index in [1.807, 2.05) is 0 Å². The first-order valence-corrected chi connectivity index (χ1v) is 5.29. The summed E-state index contributed by atoms with van der Waals surface area (Å²) in [6, 6.07) is 0. The first-order chi connectivity index (χ1) is 5.60. The molecule has 0 aromatic heterocycles. The molecule has 0 aliphatic carbocycles. The van der Waals surface area contributed by atoms with Crippen molar-refractivity contribution in [2.24, 2.45) is 5.41 Å². The minimum absolute atomic E-state index is 0.582. The molecule has 0 amide bonds. The summed E-state index contributed by atoms with van der Waals surface area (Å²) in [6.45, 7) is 7.40. The Bertz CT molecular complexity index is 129. The van der Waals surface area contributed by atoms with Crippen LogP contribution in [0.1, 0.15) is 46.0 Å². The molecule has 0 radical (unpaired) electrons. The molecule has 0 aromatic rings. The molecule has 1 heterocycles. The van der Waals surface area contributed by atoms with Gasteiger partial charge >= 0.3 is 0 Å². The second-order valence-electron chi connectivity index (χ2n) is 5.03. The van der Waals surface area contributed by atoms with Crippen molar-refractivity contribution in [2.45, 2.75) is 46.0 Å². The van der Waals surface area contributed by atoms with Crippen LogP contribution in [-0.2, 0) is 0 Å². The molecule has 0 N–H and O–H groups in total. The van der Waals surface area contributed by atoms with Crippen LogP contribution < -0.4 is 0 Å². The first kappa shape index (κ1) is 10.0. The lowest BCUT2D eigenvalue weighted by Crippen LogP contribution is -2.24. The van der Waals surface area contributed by atoms with Gasteiger partial charge in [-0.05, 0) is 44.8 Å². The highest BCUT2D eigenvalue weighted by Gasteiger charge is 2.18. The third-order valence-electron chi connectivity index (χ3n) is 3.06. The van der Waals surface area contributed by atoms with Gasteiger partial charge in [-0.3, -0.25) is 0 Å². The van der Waals surface area contributed by atoms with Crippen LogP contribution in [0.5, 0.6) is 0 Å². The number of nitrogens with zero attached hydrogens (tertiary/aromatic N) is 1. The third kappa shape index (κ3) is 3.57. The standard InChI is InChI=1S/C11H23N/c1-11(2)7-5-4-6-9-12(3)10-8-11/h4-10H2,1-3H3. The van der Waals surface area contributed by atoms with Crippen LogP contribution in [0.4, 0.5) is 0 Å². The van der Waals surface area contributed by atoms with Gasteiger partial charge in [-0.25, -0.2) is 0 Å². The molecule has 1 fully saturated rings. The van der Waals surface area contributed by atoms with E-state index in [0.29, 0.717) is 5.41 Å². The van der Waals surface area contributed by atoms with Crippen LogP contribution in [0.25, 0.3) is 0 Å². The topological polar surface area (TPSA) is 3.24 Å². The average Bonchev–Trinajstić information content (AvgIpc) is 2.05.